The van der Waals surface area contributed by atoms with Crippen LogP contribution in [0.1, 0.15) is 31.4 Å². The Morgan fingerprint density at radius 3 is 2.40 bits per heavy atom. The number of rotatable bonds is 4. The normalized spacial score (nSPS) is 22.2. The van der Waals surface area contributed by atoms with Gasteiger partial charge < -0.3 is 14.8 Å². The molecule has 110 valence electrons. The van der Waals surface area contributed by atoms with E-state index in [4.69, 9.17) is 9.47 Å². The van der Waals surface area contributed by atoms with E-state index in [0.717, 1.165) is 12.8 Å². The summed E-state index contributed by atoms with van der Waals surface area (Å²) in [7, 11) is 3.24. The van der Waals surface area contributed by atoms with Gasteiger partial charge in [-0.3, -0.25) is 4.79 Å². The Morgan fingerprint density at radius 2 is 1.85 bits per heavy atom. The number of aryl methyl sites for hydroxylation is 1. The maximum Gasteiger partial charge on any atom is 0.217 e. The van der Waals surface area contributed by atoms with Crippen LogP contribution >= 0.6 is 0 Å². The molecule has 1 N–H and O–H groups in total. The quantitative estimate of drug-likeness (QED) is 0.857. The number of ether oxygens (including phenoxy) is 2. The summed E-state index contributed by atoms with van der Waals surface area (Å²) in [5.41, 5.74) is 2.03. The van der Waals surface area contributed by atoms with E-state index in [1.165, 1.54) is 18.1 Å². The van der Waals surface area contributed by atoms with Gasteiger partial charge in [-0.1, -0.05) is 24.3 Å². The van der Waals surface area contributed by atoms with Crippen LogP contribution in [0.25, 0.3) is 0 Å². The van der Waals surface area contributed by atoms with Crippen molar-refractivity contribution in [2.75, 3.05) is 14.2 Å². The molecule has 2 rings (SSSR count). The number of hydrogen-bond acceptors (Lipinski definition) is 3. The SMILES string of the molecule is COC(C)(OC)C1(NC(C)=O)CCc2ccccc2C1. The van der Waals surface area contributed by atoms with Crippen molar-refractivity contribution in [3.8, 4) is 0 Å². The zero-order valence-corrected chi connectivity index (χ0v) is 12.7. The summed E-state index contributed by atoms with van der Waals surface area (Å²) in [5, 5.41) is 3.09. The maximum atomic E-state index is 11.7. The number of carbonyl (C=O) groups is 1. The monoisotopic (exact) mass is 277 g/mol. The van der Waals surface area contributed by atoms with Gasteiger partial charge in [0.1, 0.15) is 0 Å². The number of benzene rings is 1. The molecule has 1 aliphatic carbocycles. The van der Waals surface area contributed by atoms with Crippen molar-refractivity contribution in [3.05, 3.63) is 35.4 Å². The molecular formula is C16H23NO3. The molecule has 0 fully saturated rings. The first kappa shape index (κ1) is 15.0. The first-order valence-corrected chi connectivity index (χ1v) is 6.92. The predicted molar refractivity (Wildman–Crippen MR) is 77.4 cm³/mol. The zero-order chi connectivity index (χ0) is 14.8. The summed E-state index contributed by atoms with van der Waals surface area (Å²) in [5.74, 6) is -0.920. The summed E-state index contributed by atoms with van der Waals surface area (Å²) in [6, 6.07) is 8.33. The van der Waals surface area contributed by atoms with Crippen LogP contribution in [0.5, 0.6) is 0 Å². The van der Waals surface area contributed by atoms with Crippen LogP contribution in [0.15, 0.2) is 24.3 Å². The topological polar surface area (TPSA) is 47.6 Å². The Morgan fingerprint density at radius 1 is 1.25 bits per heavy atom. The summed E-state index contributed by atoms with van der Waals surface area (Å²) in [4.78, 5) is 11.7. The van der Waals surface area contributed by atoms with Crippen molar-refractivity contribution in [2.45, 2.75) is 44.4 Å². The van der Waals surface area contributed by atoms with E-state index < -0.39 is 11.3 Å². The zero-order valence-electron chi connectivity index (χ0n) is 12.7. The van der Waals surface area contributed by atoms with E-state index in [-0.39, 0.29) is 5.91 Å². The average Bonchev–Trinajstić information content (AvgIpc) is 2.45. The molecule has 1 aromatic carbocycles. The molecule has 0 aliphatic heterocycles. The third kappa shape index (κ3) is 2.45. The fourth-order valence-electron chi connectivity index (χ4n) is 3.15. The molecule has 4 heteroatoms. The van der Waals surface area contributed by atoms with Gasteiger partial charge in [0.25, 0.3) is 0 Å². The van der Waals surface area contributed by atoms with Crippen LogP contribution in [0.4, 0.5) is 0 Å². The lowest BCUT2D eigenvalue weighted by atomic mass is 9.73. The Hall–Kier alpha value is -1.39. The van der Waals surface area contributed by atoms with E-state index in [9.17, 15) is 4.79 Å². The van der Waals surface area contributed by atoms with Crippen molar-refractivity contribution in [1.29, 1.82) is 0 Å². The lowest BCUT2D eigenvalue weighted by Gasteiger charge is -2.49. The summed E-state index contributed by atoms with van der Waals surface area (Å²) < 4.78 is 11.2. The molecule has 0 saturated carbocycles. The lowest BCUT2D eigenvalue weighted by molar-refractivity contribution is -0.245. The highest BCUT2D eigenvalue weighted by molar-refractivity contribution is 5.74. The number of carbonyl (C=O) groups excluding carboxylic acids is 1. The summed E-state index contributed by atoms with van der Waals surface area (Å²) in [6.07, 6.45) is 2.40. The van der Waals surface area contributed by atoms with Gasteiger partial charge in [-0.2, -0.15) is 0 Å². The highest BCUT2D eigenvalue weighted by atomic mass is 16.7. The van der Waals surface area contributed by atoms with Crippen molar-refractivity contribution in [2.24, 2.45) is 0 Å². The Bertz CT molecular complexity index is 496. The number of methoxy groups -OCH3 is 2. The van der Waals surface area contributed by atoms with Crippen molar-refractivity contribution in [3.63, 3.8) is 0 Å². The summed E-state index contributed by atoms with van der Waals surface area (Å²) >= 11 is 0. The van der Waals surface area contributed by atoms with Crippen LogP contribution in [0, 0.1) is 0 Å². The summed E-state index contributed by atoms with van der Waals surface area (Å²) in [6.45, 7) is 3.42. The minimum Gasteiger partial charge on any atom is -0.351 e. The third-order valence-corrected chi connectivity index (χ3v) is 4.50. The first-order valence-electron chi connectivity index (χ1n) is 6.92. The second kappa shape index (κ2) is 5.54. The van der Waals surface area contributed by atoms with Gasteiger partial charge in [0, 0.05) is 27.6 Å². The average molecular weight is 277 g/mol. The molecule has 1 aromatic rings. The minimum absolute atomic E-state index is 0.0651. The highest BCUT2D eigenvalue weighted by Crippen LogP contribution is 2.38. The van der Waals surface area contributed by atoms with Crippen LogP contribution in [-0.2, 0) is 27.1 Å². The molecule has 4 nitrogen and oxygen atoms in total. The van der Waals surface area contributed by atoms with Gasteiger partial charge in [-0.15, -0.1) is 0 Å². The molecular weight excluding hydrogens is 254 g/mol. The molecule has 20 heavy (non-hydrogen) atoms. The van der Waals surface area contributed by atoms with E-state index in [0.29, 0.717) is 6.42 Å². The van der Waals surface area contributed by atoms with E-state index in [1.54, 1.807) is 14.2 Å². The van der Waals surface area contributed by atoms with E-state index in [1.807, 2.05) is 13.0 Å². The smallest absolute Gasteiger partial charge is 0.217 e. The second-order valence-corrected chi connectivity index (χ2v) is 5.56. The molecule has 0 saturated heterocycles. The van der Waals surface area contributed by atoms with Crippen LogP contribution < -0.4 is 5.32 Å². The van der Waals surface area contributed by atoms with Crippen LogP contribution in [0.2, 0.25) is 0 Å². The van der Waals surface area contributed by atoms with Gasteiger partial charge in [-0.05, 0) is 30.9 Å². The molecule has 1 atom stereocenters. The van der Waals surface area contributed by atoms with Crippen molar-refractivity contribution >= 4 is 5.91 Å². The Balaban J connectivity index is 2.43. The van der Waals surface area contributed by atoms with Crippen LogP contribution in [-0.4, -0.2) is 31.5 Å². The van der Waals surface area contributed by atoms with Gasteiger partial charge in [-0.25, -0.2) is 0 Å². The standard InChI is InChI=1S/C16H23NO3/c1-12(18)17-16(15(2,19-3)20-4)10-9-13-7-5-6-8-14(13)11-16/h5-8H,9-11H2,1-4H3,(H,17,18). The molecule has 0 heterocycles. The molecule has 0 radical (unpaired) electrons. The molecule has 0 bridgehead atoms. The van der Waals surface area contributed by atoms with Gasteiger partial charge in [0.2, 0.25) is 5.91 Å². The Kier molecular flexibility index (Phi) is 4.16. The maximum absolute atomic E-state index is 11.7. The number of nitrogens with one attached hydrogen (secondary N) is 1. The van der Waals surface area contributed by atoms with Gasteiger partial charge in [0.15, 0.2) is 5.79 Å². The number of amides is 1. The molecule has 0 aromatic heterocycles. The molecule has 1 amide bonds. The number of fused-ring (bicyclic) bond motifs is 1. The molecule has 1 aliphatic rings. The fraction of sp³-hybridized carbons (Fsp3) is 0.562. The predicted octanol–water partition coefficient (Wildman–Crippen LogP) is 2.06. The highest BCUT2D eigenvalue weighted by Gasteiger charge is 2.51. The molecule has 0 spiro atoms. The lowest BCUT2D eigenvalue weighted by Crippen LogP contribution is -2.66. The minimum atomic E-state index is -0.855. The fourth-order valence-corrected chi connectivity index (χ4v) is 3.15. The van der Waals surface area contributed by atoms with Crippen molar-refractivity contribution in [1.82, 2.24) is 5.32 Å². The molecule has 1 unspecified atom stereocenters. The van der Waals surface area contributed by atoms with Crippen molar-refractivity contribution < 1.29 is 14.3 Å². The van der Waals surface area contributed by atoms with E-state index >= 15 is 0 Å². The number of hydrogen-bond donors (Lipinski definition) is 1. The van der Waals surface area contributed by atoms with Gasteiger partial charge >= 0.3 is 0 Å². The van der Waals surface area contributed by atoms with Gasteiger partial charge in [0.05, 0.1) is 5.54 Å². The first-order chi connectivity index (χ1) is 9.46. The van der Waals surface area contributed by atoms with E-state index in [2.05, 4.69) is 23.5 Å². The second-order valence-electron chi connectivity index (χ2n) is 5.56. The Labute approximate surface area is 120 Å². The largest absolute Gasteiger partial charge is 0.351 e. The third-order valence-electron chi connectivity index (χ3n) is 4.50. The van der Waals surface area contributed by atoms with Crippen LogP contribution in [0.3, 0.4) is 0 Å².